The number of nitrogens with zero attached hydrogens (tertiary/aromatic N) is 3. The number of fused-ring (bicyclic) bond motifs is 1. The SMILES string of the molecule is Cn1cncc1C(N)c1ccc(C#N)c(Oc2ccc3ccccc3c2)c1. The van der Waals surface area contributed by atoms with Crippen LogP contribution in [0.1, 0.15) is 22.9 Å². The zero-order valence-corrected chi connectivity index (χ0v) is 14.8. The number of nitriles is 1. The third-order valence-corrected chi connectivity index (χ3v) is 4.61. The predicted octanol–water partition coefficient (Wildman–Crippen LogP) is 4.29. The van der Waals surface area contributed by atoms with Gasteiger partial charge in [0.05, 0.1) is 29.8 Å². The molecule has 0 fully saturated rings. The first-order valence-electron chi connectivity index (χ1n) is 8.58. The maximum atomic E-state index is 9.45. The number of hydrogen-bond donors (Lipinski definition) is 1. The molecule has 2 N–H and O–H groups in total. The van der Waals surface area contributed by atoms with Gasteiger partial charge in [-0.1, -0.05) is 36.4 Å². The van der Waals surface area contributed by atoms with E-state index in [1.807, 2.05) is 66.2 Å². The highest BCUT2D eigenvalue weighted by molar-refractivity contribution is 5.83. The van der Waals surface area contributed by atoms with Crippen LogP contribution in [-0.2, 0) is 7.05 Å². The number of hydrogen-bond acceptors (Lipinski definition) is 4. The lowest BCUT2D eigenvalue weighted by Gasteiger charge is -2.15. The summed E-state index contributed by atoms with van der Waals surface area (Å²) < 4.78 is 7.93. The summed E-state index contributed by atoms with van der Waals surface area (Å²) in [7, 11) is 1.90. The van der Waals surface area contributed by atoms with Gasteiger partial charge in [-0.15, -0.1) is 0 Å². The van der Waals surface area contributed by atoms with Crippen LogP contribution in [0.25, 0.3) is 10.8 Å². The minimum absolute atomic E-state index is 0.357. The Bertz CT molecular complexity index is 1160. The fraction of sp³-hybridized carbons (Fsp3) is 0.0909. The molecule has 0 radical (unpaired) electrons. The van der Waals surface area contributed by atoms with E-state index in [1.165, 1.54) is 0 Å². The van der Waals surface area contributed by atoms with Crippen molar-refractivity contribution in [2.45, 2.75) is 6.04 Å². The summed E-state index contributed by atoms with van der Waals surface area (Å²) in [5, 5.41) is 11.7. The van der Waals surface area contributed by atoms with Crippen LogP contribution in [-0.4, -0.2) is 9.55 Å². The van der Waals surface area contributed by atoms with E-state index < -0.39 is 0 Å². The largest absolute Gasteiger partial charge is 0.456 e. The quantitative estimate of drug-likeness (QED) is 0.593. The van der Waals surface area contributed by atoms with Crippen molar-refractivity contribution in [1.82, 2.24) is 9.55 Å². The molecule has 0 spiro atoms. The van der Waals surface area contributed by atoms with Gasteiger partial charge in [0, 0.05) is 7.05 Å². The monoisotopic (exact) mass is 354 g/mol. The van der Waals surface area contributed by atoms with E-state index in [2.05, 4.69) is 11.1 Å². The molecule has 132 valence electrons. The van der Waals surface area contributed by atoms with Crippen molar-refractivity contribution in [1.29, 1.82) is 5.26 Å². The summed E-state index contributed by atoms with van der Waals surface area (Å²) in [5.41, 5.74) is 8.59. The molecular weight excluding hydrogens is 336 g/mol. The normalized spacial score (nSPS) is 11.9. The molecule has 27 heavy (non-hydrogen) atoms. The molecule has 0 bridgehead atoms. The molecule has 4 aromatic rings. The van der Waals surface area contributed by atoms with Crippen molar-refractivity contribution in [3.05, 3.63) is 90.0 Å². The van der Waals surface area contributed by atoms with Gasteiger partial charge >= 0.3 is 0 Å². The molecule has 1 unspecified atom stereocenters. The summed E-state index contributed by atoms with van der Waals surface area (Å²) in [5.74, 6) is 1.17. The first kappa shape index (κ1) is 16.8. The summed E-state index contributed by atoms with van der Waals surface area (Å²) in [6.07, 6.45) is 3.46. The fourth-order valence-electron chi connectivity index (χ4n) is 3.10. The van der Waals surface area contributed by atoms with E-state index in [0.717, 1.165) is 22.0 Å². The third kappa shape index (κ3) is 3.26. The molecule has 0 amide bonds. The van der Waals surface area contributed by atoms with Gasteiger partial charge in [0.15, 0.2) is 0 Å². The summed E-state index contributed by atoms with van der Waals surface area (Å²) in [6, 6.07) is 21.2. The molecule has 1 aromatic heterocycles. The summed E-state index contributed by atoms with van der Waals surface area (Å²) in [6.45, 7) is 0. The van der Waals surface area contributed by atoms with Crippen molar-refractivity contribution >= 4 is 10.8 Å². The van der Waals surface area contributed by atoms with E-state index in [9.17, 15) is 5.26 Å². The molecule has 0 aliphatic heterocycles. The molecule has 0 aliphatic carbocycles. The number of aromatic nitrogens is 2. The van der Waals surface area contributed by atoms with Gasteiger partial charge in [-0.05, 0) is 40.6 Å². The Labute approximate surface area is 157 Å². The van der Waals surface area contributed by atoms with Crippen molar-refractivity contribution in [3.63, 3.8) is 0 Å². The number of imidazole rings is 1. The van der Waals surface area contributed by atoms with Crippen LogP contribution < -0.4 is 10.5 Å². The van der Waals surface area contributed by atoms with Gasteiger partial charge < -0.3 is 15.0 Å². The third-order valence-electron chi connectivity index (χ3n) is 4.61. The molecule has 0 saturated heterocycles. The second-order valence-corrected chi connectivity index (χ2v) is 6.39. The lowest BCUT2D eigenvalue weighted by Crippen LogP contribution is -2.15. The molecular formula is C22H18N4O. The topological polar surface area (TPSA) is 76.9 Å². The Morgan fingerprint density at radius 3 is 2.63 bits per heavy atom. The Kier molecular flexibility index (Phi) is 4.33. The number of benzene rings is 3. The van der Waals surface area contributed by atoms with Gasteiger partial charge in [0.2, 0.25) is 0 Å². The number of ether oxygens (including phenoxy) is 1. The predicted molar refractivity (Wildman–Crippen MR) is 104 cm³/mol. The highest BCUT2D eigenvalue weighted by Crippen LogP contribution is 2.31. The van der Waals surface area contributed by atoms with Gasteiger partial charge in [0.1, 0.15) is 17.6 Å². The fourth-order valence-corrected chi connectivity index (χ4v) is 3.10. The van der Waals surface area contributed by atoms with Crippen molar-refractivity contribution < 1.29 is 4.74 Å². The maximum Gasteiger partial charge on any atom is 0.145 e. The van der Waals surface area contributed by atoms with Gasteiger partial charge in [-0.3, -0.25) is 0 Å². The van der Waals surface area contributed by atoms with Gasteiger partial charge in [-0.25, -0.2) is 4.98 Å². The Hall–Kier alpha value is -3.62. The van der Waals surface area contributed by atoms with E-state index in [0.29, 0.717) is 17.1 Å². The standard InChI is InChI=1S/C22H18N4O/c1-26-14-25-13-20(26)22(24)17-6-7-18(12-23)21(11-17)27-19-9-8-15-4-2-3-5-16(15)10-19/h2-11,13-14,22H,24H2,1H3. The van der Waals surface area contributed by atoms with Crippen LogP contribution in [0, 0.1) is 11.3 Å². The Morgan fingerprint density at radius 1 is 1.07 bits per heavy atom. The van der Waals surface area contributed by atoms with Gasteiger partial charge in [0.25, 0.3) is 0 Å². The highest BCUT2D eigenvalue weighted by atomic mass is 16.5. The molecule has 1 atom stereocenters. The van der Waals surface area contributed by atoms with Crippen LogP contribution in [0.15, 0.2) is 73.2 Å². The molecule has 0 aliphatic rings. The smallest absolute Gasteiger partial charge is 0.145 e. The van der Waals surface area contributed by atoms with E-state index in [-0.39, 0.29) is 6.04 Å². The molecule has 5 heteroatoms. The van der Waals surface area contributed by atoms with Crippen molar-refractivity contribution in [2.24, 2.45) is 12.8 Å². The first-order chi connectivity index (χ1) is 13.2. The zero-order valence-electron chi connectivity index (χ0n) is 14.8. The number of nitrogens with two attached hydrogens (primary N) is 1. The molecule has 4 rings (SSSR count). The zero-order chi connectivity index (χ0) is 18.8. The minimum atomic E-state index is -0.357. The van der Waals surface area contributed by atoms with Crippen LogP contribution in [0.5, 0.6) is 11.5 Å². The lowest BCUT2D eigenvalue weighted by molar-refractivity contribution is 0.480. The van der Waals surface area contributed by atoms with E-state index >= 15 is 0 Å². The van der Waals surface area contributed by atoms with Crippen molar-refractivity contribution in [3.8, 4) is 17.6 Å². The second-order valence-electron chi connectivity index (χ2n) is 6.39. The van der Waals surface area contributed by atoms with Crippen LogP contribution in [0.4, 0.5) is 0 Å². The van der Waals surface area contributed by atoms with Crippen molar-refractivity contribution in [2.75, 3.05) is 0 Å². The lowest BCUT2D eigenvalue weighted by atomic mass is 10.0. The second kappa shape index (κ2) is 6.94. The molecule has 1 heterocycles. The van der Waals surface area contributed by atoms with Crippen LogP contribution in [0.2, 0.25) is 0 Å². The van der Waals surface area contributed by atoms with Crippen LogP contribution >= 0.6 is 0 Å². The minimum Gasteiger partial charge on any atom is -0.456 e. The molecule has 5 nitrogen and oxygen atoms in total. The van der Waals surface area contributed by atoms with Gasteiger partial charge in [-0.2, -0.15) is 5.26 Å². The first-order valence-corrected chi connectivity index (χ1v) is 8.58. The average Bonchev–Trinajstić information content (AvgIpc) is 3.13. The number of aryl methyl sites for hydroxylation is 1. The number of rotatable bonds is 4. The van der Waals surface area contributed by atoms with E-state index in [4.69, 9.17) is 10.5 Å². The summed E-state index contributed by atoms with van der Waals surface area (Å²) >= 11 is 0. The summed E-state index contributed by atoms with van der Waals surface area (Å²) in [4.78, 5) is 4.12. The van der Waals surface area contributed by atoms with E-state index in [1.54, 1.807) is 18.6 Å². The molecule has 3 aromatic carbocycles. The molecule has 0 saturated carbocycles. The average molecular weight is 354 g/mol. The Balaban J connectivity index is 1.70. The highest BCUT2D eigenvalue weighted by Gasteiger charge is 2.15. The Morgan fingerprint density at radius 2 is 1.89 bits per heavy atom. The maximum absolute atomic E-state index is 9.45. The van der Waals surface area contributed by atoms with Crippen LogP contribution in [0.3, 0.4) is 0 Å².